The second-order valence-electron chi connectivity index (χ2n) is 7.36. The van der Waals surface area contributed by atoms with Gasteiger partial charge in [0, 0.05) is 42.7 Å². The van der Waals surface area contributed by atoms with Crippen LogP contribution in [0.4, 0.5) is 5.95 Å². The summed E-state index contributed by atoms with van der Waals surface area (Å²) >= 11 is 0. The molecule has 0 unspecified atom stereocenters. The first kappa shape index (κ1) is 17.0. The molecule has 1 saturated carbocycles. The minimum Gasteiger partial charge on any atom is -0.349 e. The van der Waals surface area contributed by atoms with E-state index in [-0.39, 0.29) is 5.91 Å². The van der Waals surface area contributed by atoms with Crippen LogP contribution >= 0.6 is 0 Å². The van der Waals surface area contributed by atoms with E-state index in [0.29, 0.717) is 11.6 Å². The molecule has 2 aromatic rings. The highest BCUT2D eigenvalue weighted by Crippen LogP contribution is 2.23. The minimum atomic E-state index is 0.0182. The summed E-state index contributed by atoms with van der Waals surface area (Å²) in [6.45, 7) is 2.08. The second-order valence-corrected chi connectivity index (χ2v) is 7.36. The molecular weight excluding hydrogens is 324 g/mol. The molecule has 2 fully saturated rings. The number of aromatic nitrogens is 2. The van der Waals surface area contributed by atoms with Gasteiger partial charge in [0.25, 0.3) is 5.91 Å². The van der Waals surface area contributed by atoms with Gasteiger partial charge in [0.15, 0.2) is 0 Å². The highest BCUT2D eigenvalue weighted by molar-refractivity contribution is 5.95. The van der Waals surface area contributed by atoms with Gasteiger partial charge < -0.3 is 10.2 Å². The molecule has 0 spiro atoms. The van der Waals surface area contributed by atoms with Gasteiger partial charge in [0.05, 0.1) is 0 Å². The van der Waals surface area contributed by atoms with Crippen LogP contribution in [-0.4, -0.2) is 35.0 Å². The zero-order chi connectivity index (χ0) is 17.8. The van der Waals surface area contributed by atoms with Crippen LogP contribution in [0.3, 0.4) is 0 Å². The van der Waals surface area contributed by atoms with Crippen LogP contribution in [0.15, 0.2) is 36.7 Å². The highest BCUT2D eigenvalue weighted by atomic mass is 16.1. The molecule has 1 amide bonds. The molecule has 1 aromatic carbocycles. The molecule has 136 valence electrons. The number of anilines is 1. The number of nitrogens with zero attached hydrogens (tertiary/aromatic N) is 3. The summed E-state index contributed by atoms with van der Waals surface area (Å²) in [7, 11) is 0. The fourth-order valence-electron chi connectivity index (χ4n) is 3.91. The Morgan fingerprint density at radius 3 is 2.42 bits per heavy atom. The third kappa shape index (κ3) is 3.87. The molecule has 26 heavy (non-hydrogen) atoms. The lowest BCUT2D eigenvalue weighted by molar-refractivity contribution is 0.0938. The van der Waals surface area contributed by atoms with Crippen molar-refractivity contribution < 1.29 is 4.79 Å². The van der Waals surface area contributed by atoms with Crippen molar-refractivity contribution in [3.8, 4) is 11.1 Å². The summed E-state index contributed by atoms with van der Waals surface area (Å²) in [6, 6.07) is 8.07. The van der Waals surface area contributed by atoms with Crippen molar-refractivity contribution in [3.05, 3.63) is 42.2 Å². The first-order valence-electron chi connectivity index (χ1n) is 9.78. The number of amides is 1. The van der Waals surface area contributed by atoms with E-state index in [1.54, 1.807) is 0 Å². The fourth-order valence-corrected chi connectivity index (χ4v) is 3.91. The normalized spacial score (nSPS) is 18.1. The van der Waals surface area contributed by atoms with E-state index >= 15 is 0 Å². The maximum absolute atomic E-state index is 12.5. The van der Waals surface area contributed by atoms with Gasteiger partial charge in [-0.25, -0.2) is 9.97 Å². The number of carbonyl (C=O) groups excluding carboxylic acids is 1. The molecule has 1 N–H and O–H groups in total. The topological polar surface area (TPSA) is 58.1 Å². The summed E-state index contributed by atoms with van der Waals surface area (Å²) in [6.07, 6.45) is 12.1. The summed E-state index contributed by atoms with van der Waals surface area (Å²) in [5.74, 6) is 0.827. The lowest BCUT2D eigenvalue weighted by Crippen LogP contribution is -2.32. The molecular formula is C21H26N4O. The van der Waals surface area contributed by atoms with Crippen molar-refractivity contribution in [2.24, 2.45) is 0 Å². The lowest BCUT2D eigenvalue weighted by atomic mass is 10.1. The van der Waals surface area contributed by atoms with Crippen molar-refractivity contribution in [1.82, 2.24) is 15.3 Å². The molecule has 0 bridgehead atoms. The van der Waals surface area contributed by atoms with Crippen molar-refractivity contribution >= 4 is 11.9 Å². The Hall–Kier alpha value is -2.43. The first-order valence-corrected chi connectivity index (χ1v) is 9.78. The smallest absolute Gasteiger partial charge is 0.251 e. The minimum absolute atomic E-state index is 0.0182. The van der Waals surface area contributed by atoms with E-state index in [2.05, 4.69) is 20.2 Å². The van der Waals surface area contributed by atoms with Crippen LogP contribution < -0.4 is 10.2 Å². The summed E-state index contributed by atoms with van der Waals surface area (Å²) < 4.78 is 0. The average Bonchev–Trinajstić information content (AvgIpc) is 3.22. The van der Waals surface area contributed by atoms with E-state index in [9.17, 15) is 4.79 Å². The molecule has 1 saturated heterocycles. The fraction of sp³-hybridized carbons (Fsp3) is 0.476. The van der Waals surface area contributed by atoms with Crippen molar-refractivity contribution in [2.45, 2.75) is 51.0 Å². The monoisotopic (exact) mass is 350 g/mol. The predicted molar refractivity (Wildman–Crippen MR) is 103 cm³/mol. The van der Waals surface area contributed by atoms with Crippen LogP contribution in [-0.2, 0) is 0 Å². The molecule has 1 aliphatic heterocycles. The molecule has 1 aromatic heterocycles. The van der Waals surface area contributed by atoms with Gasteiger partial charge in [-0.1, -0.05) is 25.0 Å². The van der Waals surface area contributed by atoms with Gasteiger partial charge in [0.2, 0.25) is 5.95 Å². The van der Waals surface area contributed by atoms with Gasteiger partial charge >= 0.3 is 0 Å². The second kappa shape index (κ2) is 7.85. The van der Waals surface area contributed by atoms with E-state index in [4.69, 9.17) is 0 Å². The lowest BCUT2D eigenvalue weighted by Gasteiger charge is -2.26. The third-order valence-corrected chi connectivity index (χ3v) is 5.43. The van der Waals surface area contributed by atoms with Crippen molar-refractivity contribution in [3.63, 3.8) is 0 Å². The highest BCUT2D eigenvalue weighted by Gasteiger charge is 2.18. The molecule has 2 heterocycles. The first-order chi connectivity index (χ1) is 12.8. The Morgan fingerprint density at radius 2 is 1.69 bits per heavy atom. The Bertz CT molecular complexity index is 747. The van der Waals surface area contributed by atoms with E-state index in [0.717, 1.165) is 43.0 Å². The number of hydrogen-bond acceptors (Lipinski definition) is 4. The molecule has 1 aliphatic carbocycles. The largest absolute Gasteiger partial charge is 0.349 e. The van der Waals surface area contributed by atoms with Crippen molar-refractivity contribution in [2.75, 3.05) is 18.0 Å². The summed E-state index contributed by atoms with van der Waals surface area (Å²) in [5.41, 5.74) is 2.63. The number of nitrogens with one attached hydrogen (secondary N) is 1. The van der Waals surface area contributed by atoms with Crippen LogP contribution in [0.25, 0.3) is 11.1 Å². The molecule has 0 atom stereocenters. The summed E-state index contributed by atoms with van der Waals surface area (Å²) in [4.78, 5) is 23.8. The van der Waals surface area contributed by atoms with Gasteiger partial charge in [0.1, 0.15) is 0 Å². The zero-order valence-corrected chi connectivity index (χ0v) is 15.2. The van der Waals surface area contributed by atoms with Gasteiger partial charge in [-0.2, -0.15) is 0 Å². The van der Waals surface area contributed by atoms with Crippen LogP contribution in [0.2, 0.25) is 0 Å². The Morgan fingerprint density at radius 1 is 0.962 bits per heavy atom. The van der Waals surface area contributed by atoms with Gasteiger partial charge in [-0.05, 0) is 49.8 Å². The maximum Gasteiger partial charge on any atom is 0.251 e. The summed E-state index contributed by atoms with van der Waals surface area (Å²) in [5, 5.41) is 3.15. The Balaban J connectivity index is 1.47. The molecule has 0 radical (unpaired) electrons. The van der Waals surface area contributed by atoms with Crippen LogP contribution in [0, 0.1) is 0 Å². The third-order valence-electron chi connectivity index (χ3n) is 5.43. The zero-order valence-electron chi connectivity index (χ0n) is 15.2. The van der Waals surface area contributed by atoms with Crippen LogP contribution in [0.1, 0.15) is 55.3 Å². The average molecular weight is 350 g/mol. The maximum atomic E-state index is 12.5. The predicted octanol–water partition coefficient (Wildman–Crippen LogP) is 3.81. The van der Waals surface area contributed by atoms with Gasteiger partial charge in [-0.3, -0.25) is 4.79 Å². The number of rotatable bonds is 4. The Labute approximate surface area is 154 Å². The molecule has 4 rings (SSSR count). The number of benzene rings is 1. The number of carbonyl (C=O) groups is 1. The Kier molecular flexibility index (Phi) is 5.14. The number of piperidine rings is 1. The molecule has 5 heteroatoms. The SMILES string of the molecule is O=C(NC1CCCC1)c1cccc(-c2cnc(N3CCCCC3)nc2)c1. The standard InChI is InChI=1S/C21H26N4O/c26-20(24-19-9-2-3-10-19)17-8-6-7-16(13-17)18-14-22-21(23-15-18)25-11-4-1-5-12-25/h6-8,13-15,19H,1-5,9-12H2,(H,24,26). The molecule has 2 aliphatic rings. The molecule has 5 nitrogen and oxygen atoms in total. The van der Waals surface area contributed by atoms with Crippen molar-refractivity contribution in [1.29, 1.82) is 0 Å². The van der Waals surface area contributed by atoms with Crippen LogP contribution in [0.5, 0.6) is 0 Å². The van der Waals surface area contributed by atoms with Gasteiger partial charge in [-0.15, -0.1) is 0 Å². The quantitative estimate of drug-likeness (QED) is 0.911. The number of hydrogen-bond donors (Lipinski definition) is 1. The van der Waals surface area contributed by atoms with E-state index in [1.807, 2.05) is 36.7 Å². The van der Waals surface area contributed by atoms with E-state index in [1.165, 1.54) is 32.1 Å². The van der Waals surface area contributed by atoms with E-state index < -0.39 is 0 Å².